The van der Waals surface area contributed by atoms with Crippen LogP contribution in [0.1, 0.15) is 46.0 Å². The quantitative estimate of drug-likeness (QED) is 0.393. The zero-order valence-corrected chi connectivity index (χ0v) is 15.9. The van der Waals surface area contributed by atoms with Crippen LogP contribution in [0.2, 0.25) is 0 Å². The average Bonchev–Trinajstić information content (AvgIpc) is 2.68. The first-order valence-corrected chi connectivity index (χ1v) is 8.88. The van der Waals surface area contributed by atoms with Gasteiger partial charge in [-0.1, -0.05) is 25.5 Å². The van der Waals surface area contributed by atoms with E-state index in [2.05, 4.69) is 10.6 Å². The summed E-state index contributed by atoms with van der Waals surface area (Å²) in [7, 11) is 0. The van der Waals surface area contributed by atoms with E-state index in [4.69, 9.17) is 0 Å². The van der Waals surface area contributed by atoms with Crippen molar-refractivity contribution in [1.29, 1.82) is 0 Å². The number of non-ortho nitro benzene ring substituents is 1. The number of nitrogens with zero attached hydrogens (tertiary/aromatic N) is 2. The minimum atomic E-state index is -0.807. The Morgan fingerprint density at radius 1 is 1.00 bits per heavy atom. The molecule has 29 heavy (non-hydrogen) atoms. The van der Waals surface area contributed by atoms with Crippen LogP contribution >= 0.6 is 0 Å². The van der Waals surface area contributed by atoms with E-state index in [1.807, 2.05) is 6.92 Å². The Kier molecular flexibility index (Phi) is 6.96. The highest BCUT2D eigenvalue weighted by Crippen LogP contribution is 2.29. The lowest BCUT2D eigenvalue weighted by molar-refractivity contribution is -0.394. The number of unbranched alkanes of at least 4 members (excludes halogenated alkanes) is 1. The van der Waals surface area contributed by atoms with Gasteiger partial charge in [-0.2, -0.15) is 0 Å². The van der Waals surface area contributed by atoms with Gasteiger partial charge < -0.3 is 10.6 Å². The molecule has 2 aromatic carbocycles. The molecular weight excluding hydrogens is 380 g/mol. The van der Waals surface area contributed by atoms with Crippen molar-refractivity contribution < 1.29 is 19.4 Å². The molecule has 0 aliphatic heterocycles. The molecule has 2 amide bonds. The number of hydrogen-bond donors (Lipinski definition) is 2. The van der Waals surface area contributed by atoms with Gasteiger partial charge in [-0.3, -0.25) is 29.8 Å². The smallest absolute Gasteiger partial charge is 0.279 e. The van der Waals surface area contributed by atoms with E-state index in [1.54, 1.807) is 12.1 Å². The predicted octanol–water partition coefficient (Wildman–Crippen LogP) is 3.59. The molecule has 2 aromatic rings. The van der Waals surface area contributed by atoms with Crippen molar-refractivity contribution in [3.05, 3.63) is 73.3 Å². The number of carbonyl (C=O) groups excluding carboxylic acids is 2. The SMILES string of the molecule is CCCCNC(=O)c1ccccc1NC(=O)c1cc([N+](=O)[O-])cc([N+](=O)[O-])c1C. The van der Waals surface area contributed by atoms with Gasteiger partial charge in [0.15, 0.2) is 0 Å². The van der Waals surface area contributed by atoms with Crippen LogP contribution in [0.3, 0.4) is 0 Å². The standard InChI is InChI=1S/C19H20N4O6/c1-3-4-9-20-18(24)14-7-5-6-8-16(14)21-19(25)15-10-13(22(26)27)11-17(12(15)2)23(28)29/h5-8,10-11H,3-4,9H2,1-2H3,(H,20,24)(H,21,25). The number of benzene rings is 2. The van der Waals surface area contributed by atoms with Crippen LogP contribution in [-0.4, -0.2) is 28.2 Å². The first-order chi connectivity index (χ1) is 13.8. The Morgan fingerprint density at radius 2 is 1.69 bits per heavy atom. The molecule has 0 aromatic heterocycles. The van der Waals surface area contributed by atoms with Crippen LogP contribution < -0.4 is 10.6 Å². The molecular formula is C19H20N4O6. The zero-order valence-electron chi connectivity index (χ0n) is 15.9. The number of nitro groups is 2. The predicted molar refractivity (Wildman–Crippen MR) is 106 cm³/mol. The van der Waals surface area contributed by atoms with Crippen molar-refractivity contribution in [3.8, 4) is 0 Å². The highest BCUT2D eigenvalue weighted by atomic mass is 16.6. The number of hydrogen-bond acceptors (Lipinski definition) is 6. The first kappa shape index (κ1) is 21.5. The van der Waals surface area contributed by atoms with E-state index >= 15 is 0 Å². The Morgan fingerprint density at radius 3 is 2.31 bits per heavy atom. The van der Waals surface area contributed by atoms with Gasteiger partial charge in [-0.15, -0.1) is 0 Å². The van der Waals surface area contributed by atoms with Crippen molar-refractivity contribution in [3.63, 3.8) is 0 Å². The summed E-state index contributed by atoms with van der Waals surface area (Å²) in [5.41, 5.74) is -0.919. The molecule has 0 aliphatic rings. The highest BCUT2D eigenvalue weighted by Gasteiger charge is 2.25. The number of nitro benzene ring substituents is 2. The maximum absolute atomic E-state index is 12.7. The van der Waals surface area contributed by atoms with Gasteiger partial charge in [0.25, 0.3) is 23.2 Å². The average molecular weight is 400 g/mol. The topological polar surface area (TPSA) is 144 Å². The normalized spacial score (nSPS) is 10.3. The number of anilines is 1. The molecule has 0 aliphatic carbocycles. The van der Waals surface area contributed by atoms with E-state index in [0.29, 0.717) is 6.54 Å². The van der Waals surface area contributed by atoms with E-state index in [-0.39, 0.29) is 28.3 Å². The molecule has 0 atom stereocenters. The molecule has 0 saturated heterocycles. The van der Waals surface area contributed by atoms with Gasteiger partial charge in [0, 0.05) is 18.2 Å². The van der Waals surface area contributed by atoms with Crippen LogP contribution in [0.5, 0.6) is 0 Å². The summed E-state index contributed by atoms with van der Waals surface area (Å²) < 4.78 is 0. The molecule has 0 bridgehead atoms. The zero-order chi connectivity index (χ0) is 21.6. The largest absolute Gasteiger partial charge is 0.352 e. The fraction of sp³-hybridized carbons (Fsp3) is 0.263. The number of amides is 2. The van der Waals surface area contributed by atoms with Gasteiger partial charge in [0.1, 0.15) is 0 Å². The number of rotatable bonds is 8. The maximum atomic E-state index is 12.7. The minimum Gasteiger partial charge on any atom is -0.352 e. The molecule has 2 rings (SSSR count). The molecule has 10 heteroatoms. The summed E-state index contributed by atoms with van der Waals surface area (Å²) in [5.74, 6) is -1.17. The highest BCUT2D eigenvalue weighted by molar-refractivity contribution is 6.10. The van der Waals surface area contributed by atoms with E-state index in [0.717, 1.165) is 25.0 Å². The third kappa shape index (κ3) is 5.12. The van der Waals surface area contributed by atoms with Gasteiger partial charge in [0.2, 0.25) is 0 Å². The Labute approximate surface area is 166 Å². The van der Waals surface area contributed by atoms with Crippen molar-refractivity contribution in [1.82, 2.24) is 5.32 Å². The minimum absolute atomic E-state index is 0.0111. The summed E-state index contributed by atoms with van der Waals surface area (Å²) in [6.45, 7) is 3.80. The van der Waals surface area contributed by atoms with Crippen LogP contribution in [-0.2, 0) is 0 Å². The second-order valence-corrected chi connectivity index (χ2v) is 6.26. The molecule has 10 nitrogen and oxygen atoms in total. The lowest BCUT2D eigenvalue weighted by Gasteiger charge is -2.12. The van der Waals surface area contributed by atoms with Crippen LogP contribution in [0.25, 0.3) is 0 Å². The molecule has 0 heterocycles. The van der Waals surface area contributed by atoms with Gasteiger partial charge in [0.05, 0.1) is 32.7 Å². The Bertz CT molecular complexity index is 973. The van der Waals surface area contributed by atoms with E-state index in [1.165, 1.54) is 19.1 Å². The van der Waals surface area contributed by atoms with Crippen molar-refractivity contribution in [2.75, 3.05) is 11.9 Å². The number of nitrogens with one attached hydrogen (secondary N) is 2. The Hall–Kier alpha value is -3.82. The molecule has 0 unspecified atom stereocenters. The number of para-hydroxylation sites is 1. The summed E-state index contributed by atoms with van der Waals surface area (Å²) >= 11 is 0. The third-order valence-corrected chi connectivity index (χ3v) is 4.25. The monoisotopic (exact) mass is 400 g/mol. The fourth-order valence-corrected chi connectivity index (χ4v) is 2.67. The second-order valence-electron chi connectivity index (χ2n) is 6.26. The van der Waals surface area contributed by atoms with E-state index in [9.17, 15) is 29.8 Å². The molecule has 2 N–H and O–H groups in total. The summed E-state index contributed by atoms with van der Waals surface area (Å²) in [6.07, 6.45) is 1.71. The second kappa shape index (κ2) is 9.40. The maximum Gasteiger partial charge on any atom is 0.279 e. The molecule has 0 fully saturated rings. The van der Waals surface area contributed by atoms with Crippen molar-refractivity contribution in [2.45, 2.75) is 26.7 Å². The third-order valence-electron chi connectivity index (χ3n) is 4.25. The lowest BCUT2D eigenvalue weighted by atomic mass is 10.0. The van der Waals surface area contributed by atoms with Gasteiger partial charge in [-0.05, 0) is 25.5 Å². The van der Waals surface area contributed by atoms with Gasteiger partial charge in [-0.25, -0.2) is 0 Å². The fourth-order valence-electron chi connectivity index (χ4n) is 2.67. The first-order valence-electron chi connectivity index (χ1n) is 8.88. The summed E-state index contributed by atoms with van der Waals surface area (Å²) in [4.78, 5) is 45.8. The summed E-state index contributed by atoms with van der Waals surface area (Å²) in [6, 6.07) is 8.06. The van der Waals surface area contributed by atoms with Crippen LogP contribution in [0, 0.1) is 27.2 Å². The van der Waals surface area contributed by atoms with Crippen molar-refractivity contribution in [2.24, 2.45) is 0 Å². The molecule has 0 radical (unpaired) electrons. The van der Waals surface area contributed by atoms with Crippen molar-refractivity contribution >= 4 is 28.9 Å². The lowest BCUT2D eigenvalue weighted by Crippen LogP contribution is -2.26. The van der Waals surface area contributed by atoms with E-state index < -0.39 is 27.1 Å². The van der Waals surface area contributed by atoms with Crippen LogP contribution in [0.15, 0.2) is 36.4 Å². The molecule has 152 valence electrons. The van der Waals surface area contributed by atoms with Gasteiger partial charge >= 0.3 is 0 Å². The van der Waals surface area contributed by atoms with Crippen LogP contribution in [0.4, 0.5) is 17.1 Å². The molecule has 0 saturated carbocycles. The summed E-state index contributed by atoms with van der Waals surface area (Å²) in [5, 5.41) is 27.6. The molecule has 0 spiro atoms. The Balaban J connectivity index is 2.37. The number of carbonyl (C=O) groups is 2.